The molecule has 0 saturated heterocycles. The highest BCUT2D eigenvalue weighted by Gasteiger charge is 2.29. The topological polar surface area (TPSA) is 20.3 Å². The van der Waals surface area contributed by atoms with E-state index in [0.717, 1.165) is 35.3 Å². The van der Waals surface area contributed by atoms with Gasteiger partial charge in [0.05, 0.1) is 11.6 Å². The first kappa shape index (κ1) is 26.7. The molecule has 0 heterocycles. The van der Waals surface area contributed by atoms with E-state index in [0.29, 0.717) is 24.0 Å². The molecule has 3 heteroatoms. The molecule has 2 nitrogen and oxygen atoms in total. The van der Waals surface area contributed by atoms with Gasteiger partial charge in [-0.1, -0.05) is 83.4 Å². The van der Waals surface area contributed by atoms with E-state index in [4.69, 9.17) is 11.6 Å². The molecule has 1 rings (SSSR count). The average molecular weight is 408 g/mol. The fourth-order valence-electron chi connectivity index (χ4n) is 3.60. The summed E-state index contributed by atoms with van der Waals surface area (Å²) in [5, 5.41) is 0.647. The minimum Gasteiger partial charge on any atom is -0.361 e. The number of hydrogen-bond acceptors (Lipinski definition) is 2. The molecule has 0 bridgehead atoms. The zero-order valence-electron chi connectivity index (χ0n) is 19.5. The van der Waals surface area contributed by atoms with Crippen molar-refractivity contribution in [3.05, 3.63) is 46.7 Å². The van der Waals surface area contributed by atoms with Crippen LogP contribution in [-0.2, 0) is 4.79 Å². The van der Waals surface area contributed by atoms with Gasteiger partial charge < -0.3 is 4.90 Å². The standard InChI is InChI=1S/C23H36ClNO.C2H6/c1-16(2)13-21(24)22(17(3)4)18(5)25(19-11-9-10-12-19)15-20(26)14-23(6,7)8;1-2/h13,19H,1,5,9-12,14-15H2,2-4,6-8H3;1-2H3/b21-13+;. The Morgan fingerprint density at radius 3 is 2.00 bits per heavy atom. The first-order valence-electron chi connectivity index (χ1n) is 10.6. The zero-order valence-corrected chi connectivity index (χ0v) is 20.3. The van der Waals surface area contributed by atoms with Crippen LogP contribution in [0.15, 0.2) is 46.7 Å². The van der Waals surface area contributed by atoms with Crippen molar-refractivity contribution in [1.29, 1.82) is 0 Å². The highest BCUT2D eigenvalue weighted by Crippen LogP contribution is 2.34. The molecule has 1 fully saturated rings. The van der Waals surface area contributed by atoms with Gasteiger partial charge in [-0.2, -0.15) is 0 Å². The Morgan fingerprint density at radius 1 is 1.11 bits per heavy atom. The molecular weight excluding hydrogens is 366 g/mol. The average Bonchev–Trinajstić information content (AvgIpc) is 3.05. The molecule has 0 radical (unpaired) electrons. The molecule has 0 aromatic carbocycles. The molecule has 0 aliphatic heterocycles. The Labute approximate surface area is 179 Å². The molecule has 0 spiro atoms. The van der Waals surface area contributed by atoms with Crippen LogP contribution in [0.1, 0.15) is 87.5 Å². The molecule has 0 amide bonds. The Morgan fingerprint density at radius 2 is 1.61 bits per heavy atom. The van der Waals surface area contributed by atoms with Crippen LogP contribution in [-0.4, -0.2) is 23.3 Å². The lowest BCUT2D eigenvalue weighted by molar-refractivity contribution is -0.121. The number of hydrogen-bond donors (Lipinski definition) is 0. The van der Waals surface area contributed by atoms with Crippen molar-refractivity contribution in [2.24, 2.45) is 5.41 Å². The smallest absolute Gasteiger partial charge is 0.152 e. The number of nitrogens with zero attached hydrogens (tertiary/aromatic N) is 1. The van der Waals surface area contributed by atoms with E-state index >= 15 is 0 Å². The summed E-state index contributed by atoms with van der Waals surface area (Å²) in [4.78, 5) is 14.9. The van der Waals surface area contributed by atoms with E-state index in [2.05, 4.69) is 38.8 Å². The first-order valence-corrected chi connectivity index (χ1v) is 11.0. The van der Waals surface area contributed by atoms with Gasteiger partial charge in [-0.3, -0.25) is 4.79 Å². The van der Waals surface area contributed by atoms with Gasteiger partial charge >= 0.3 is 0 Å². The Kier molecular flexibility index (Phi) is 11.8. The Hall–Kier alpha value is -1.28. The minimum absolute atomic E-state index is 0.00337. The number of halogens is 1. The first-order chi connectivity index (χ1) is 12.9. The van der Waals surface area contributed by atoms with Crippen molar-refractivity contribution in [2.45, 2.75) is 93.5 Å². The Bertz CT molecular complexity index is 609. The maximum absolute atomic E-state index is 12.7. The van der Waals surface area contributed by atoms with Gasteiger partial charge in [0.15, 0.2) is 5.78 Å². The number of rotatable bonds is 8. The lowest BCUT2D eigenvalue weighted by Gasteiger charge is -2.34. The van der Waals surface area contributed by atoms with Crippen LogP contribution in [0, 0.1) is 5.41 Å². The Balaban J connectivity index is 0.00000352. The van der Waals surface area contributed by atoms with E-state index in [1.54, 1.807) is 0 Å². The largest absolute Gasteiger partial charge is 0.361 e. The third kappa shape index (κ3) is 9.28. The van der Waals surface area contributed by atoms with Gasteiger partial charge in [0.1, 0.15) is 0 Å². The van der Waals surface area contributed by atoms with Crippen molar-refractivity contribution in [3.8, 4) is 0 Å². The van der Waals surface area contributed by atoms with Gasteiger partial charge in [-0.05, 0) is 45.1 Å². The maximum atomic E-state index is 12.7. The van der Waals surface area contributed by atoms with E-state index < -0.39 is 0 Å². The predicted molar refractivity (Wildman–Crippen MR) is 126 cm³/mol. The van der Waals surface area contributed by atoms with Crippen LogP contribution in [0.3, 0.4) is 0 Å². The van der Waals surface area contributed by atoms with Crippen LogP contribution in [0.5, 0.6) is 0 Å². The number of ketones is 1. The number of allylic oxidation sites excluding steroid dienone is 4. The molecular formula is C25H42ClNO. The second-order valence-corrected chi connectivity index (χ2v) is 9.41. The third-order valence-corrected chi connectivity index (χ3v) is 4.88. The van der Waals surface area contributed by atoms with Crippen molar-refractivity contribution in [3.63, 3.8) is 0 Å². The summed E-state index contributed by atoms with van der Waals surface area (Å²) in [5.74, 6) is 0.263. The number of Topliss-reactive ketones (excluding diaryl/α,β-unsaturated/α-hetero) is 1. The zero-order chi connectivity index (χ0) is 22.1. The molecule has 0 aromatic heterocycles. The van der Waals surface area contributed by atoms with E-state index in [1.807, 2.05) is 40.7 Å². The molecule has 1 aliphatic carbocycles. The van der Waals surface area contributed by atoms with E-state index in [1.165, 1.54) is 12.8 Å². The molecule has 0 unspecified atom stereocenters. The summed E-state index contributed by atoms with van der Waals surface area (Å²) in [6, 6.07) is 0.370. The molecule has 0 N–H and O–H groups in total. The molecule has 28 heavy (non-hydrogen) atoms. The molecule has 1 saturated carbocycles. The molecule has 160 valence electrons. The monoisotopic (exact) mass is 407 g/mol. The summed E-state index contributed by atoms with van der Waals surface area (Å²) >= 11 is 6.60. The second-order valence-electron chi connectivity index (χ2n) is 9.00. The summed E-state index contributed by atoms with van der Waals surface area (Å²) < 4.78 is 0. The summed E-state index contributed by atoms with van der Waals surface area (Å²) in [6.45, 7) is 25.0. The van der Waals surface area contributed by atoms with E-state index in [9.17, 15) is 4.79 Å². The SMILES string of the molecule is C=C(C)/C=C(/Cl)C(C(=C)N(CC(=O)CC(C)(C)C)C1CCCC1)=C(C)C.CC. The van der Waals surface area contributed by atoms with Crippen molar-refractivity contribution in [1.82, 2.24) is 4.90 Å². The third-order valence-electron chi connectivity index (χ3n) is 4.59. The van der Waals surface area contributed by atoms with Crippen molar-refractivity contribution >= 4 is 17.4 Å². The fourth-order valence-corrected chi connectivity index (χ4v) is 4.08. The van der Waals surface area contributed by atoms with Gasteiger partial charge in [0, 0.05) is 23.7 Å². The summed E-state index contributed by atoms with van der Waals surface area (Å²) in [5.41, 5.74) is 3.80. The summed E-state index contributed by atoms with van der Waals surface area (Å²) in [6.07, 6.45) is 7.09. The van der Waals surface area contributed by atoms with Crippen LogP contribution in [0.25, 0.3) is 0 Å². The highest BCUT2D eigenvalue weighted by atomic mass is 35.5. The van der Waals surface area contributed by atoms with Gasteiger partial charge in [-0.25, -0.2) is 0 Å². The van der Waals surface area contributed by atoms with Crippen LogP contribution in [0.2, 0.25) is 0 Å². The highest BCUT2D eigenvalue weighted by molar-refractivity contribution is 6.32. The van der Waals surface area contributed by atoms with Gasteiger partial charge in [0.2, 0.25) is 0 Å². The minimum atomic E-state index is -0.00337. The van der Waals surface area contributed by atoms with Crippen LogP contribution >= 0.6 is 11.6 Å². The molecule has 0 atom stereocenters. The number of carbonyl (C=O) groups excluding carboxylic acids is 1. The van der Waals surface area contributed by atoms with Gasteiger partial charge in [-0.15, -0.1) is 0 Å². The maximum Gasteiger partial charge on any atom is 0.152 e. The van der Waals surface area contributed by atoms with E-state index in [-0.39, 0.29) is 11.2 Å². The number of carbonyl (C=O) groups is 1. The predicted octanol–water partition coefficient (Wildman–Crippen LogP) is 7.81. The van der Waals surface area contributed by atoms with Gasteiger partial charge in [0.25, 0.3) is 0 Å². The fraction of sp³-hybridized carbons (Fsp3) is 0.640. The quantitative estimate of drug-likeness (QED) is 0.382. The summed E-state index contributed by atoms with van der Waals surface area (Å²) in [7, 11) is 0. The van der Waals surface area contributed by atoms with Crippen molar-refractivity contribution < 1.29 is 4.79 Å². The normalized spacial score (nSPS) is 14.8. The molecule has 1 aliphatic rings. The van der Waals surface area contributed by atoms with Crippen LogP contribution in [0.4, 0.5) is 0 Å². The second kappa shape index (κ2) is 12.3. The van der Waals surface area contributed by atoms with Crippen molar-refractivity contribution in [2.75, 3.05) is 6.54 Å². The lowest BCUT2D eigenvalue weighted by Crippen LogP contribution is -2.38. The molecule has 0 aromatic rings. The lowest BCUT2D eigenvalue weighted by atomic mass is 9.89. The van der Waals surface area contributed by atoms with Crippen LogP contribution < -0.4 is 0 Å².